The highest BCUT2D eigenvalue weighted by Gasteiger charge is 2.47. The molecule has 0 aliphatic carbocycles. The van der Waals surface area contributed by atoms with Crippen LogP contribution in [0.3, 0.4) is 0 Å². The van der Waals surface area contributed by atoms with Crippen LogP contribution >= 0.6 is 12.8 Å². The summed E-state index contributed by atoms with van der Waals surface area (Å²) in [4.78, 5) is 43.2. The number of hydrogen-bond donors (Lipinski definition) is 1. The van der Waals surface area contributed by atoms with Crippen molar-refractivity contribution in [3.8, 4) is 0 Å². The zero-order valence-corrected chi connectivity index (χ0v) is 21.3. The molecule has 0 saturated carbocycles. The summed E-state index contributed by atoms with van der Waals surface area (Å²) in [7, 11) is 0. The van der Waals surface area contributed by atoms with Gasteiger partial charge >= 0.3 is 6.18 Å². The Morgan fingerprint density at radius 1 is 0.947 bits per heavy atom. The number of ketones is 2. The van der Waals surface area contributed by atoms with Gasteiger partial charge in [-0.05, 0) is 67.3 Å². The standard InChI is InChI=1S/C27H23F3N4O3S/c1-16-8-9-31-22(10-16)24(36)15-23(35)20-12-19(11-18-6-4-3-5-7-18)13-21(14-20)25(37)33-17(2)34(38)26(32-33)27(28,29)30/h3-10,12-14,17,38H,11,15H2,1-2H3. The molecule has 0 N–H and O–H groups in total. The van der Waals surface area contributed by atoms with E-state index in [1.54, 1.807) is 25.1 Å². The Morgan fingerprint density at radius 3 is 2.26 bits per heavy atom. The maximum Gasteiger partial charge on any atom is 0.452 e. The zero-order chi connectivity index (χ0) is 27.6. The van der Waals surface area contributed by atoms with Crippen LogP contribution in [-0.2, 0) is 6.42 Å². The highest BCUT2D eigenvalue weighted by Crippen LogP contribution is 2.30. The number of rotatable bonds is 7. The van der Waals surface area contributed by atoms with Crippen LogP contribution in [0.5, 0.6) is 0 Å². The molecule has 196 valence electrons. The molecule has 2 heterocycles. The summed E-state index contributed by atoms with van der Waals surface area (Å²) in [5, 5.41) is 4.13. The molecular weight excluding hydrogens is 517 g/mol. The van der Waals surface area contributed by atoms with Gasteiger partial charge in [-0.2, -0.15) is 13.2 Å². The van der Waals surface area contributed by atoms with Crippen molar-refractivity contribution in [1.29, 1.82) is 0 Å². The number of hydrogen-bond acceptors (Lipinski definition) is 7. The average Bonchev–Trinajstić information content (AvgIpc) is 3.18. The number of hydrazone groups is 1. The quantitative estimate of drug-likeness (QED) is 0.251. The highest BCUT2D eigenvalue weighted by atomic mass is 32.1. The molecule has 3 aromatic rings. The molecule has 0 radical (unpaired) electrons. The summed E-state index contributed by atoms with van der Waals surface area (Å²) in [6.45, 7) is 3.14. The molecule has 7 nitrogen and oxygen atoms in total. The molecule has 2 aromatic carbocycles. The summed E-state index contributed by atoms with van der Waals surface area (Å²) in [6, 6.07) is 16.9. The molecule has 4 rings (SSSR count). The second-order valence-electron chi connectivity index (χ2n) is 8.87. The van der Waals surface area contributed by atoms with Crippen LogP contribution in [0.15, 0.2) is 72.0 Å². The predicted octanol–water partition coefficient (Wildman–Crippen LogP) is 5.26. The van der Waals surface area contributed by atoms with Crippen LogP contribution in [0.4, 0.5) is 13.2 Å². The van der Waals surface area contributed by atoms with E-state index in [1.165, 1.54) is 25.3 Å². The van der Waals surface area contributed by atoms with E-state index in [4.69, 9.17) is 0 Å². The number of aromatic nitrogens is 1. The van der Waals surface area contributed by atoms with Gasteiger partial charge in [-0.25, -0.2) is 5.01 Å². The van der Waals surface area contributed by atoms with Crippen LogP contribution in [0.2, 0.25) is 0 Å². The van der Waals surface area contributed by atoms with E-state index < -0.39 is 42.1 Å². The number of amides is 1. The van der Waals surface area contributed by atoms with Gasteiger partial charge in [-0.1, -0.05) is 43.1 Å². The number of alkyl halides is 3. The van der Waals surface area contributed by atoms with Crippen LogP contribution in [0.1, 0.15) is 61.2 Å². The van der Waals surface area contributed by atoms with Crippen molar-refractivity contribution < 1.29 is 27.6 Å². The van der Waals surface area contributed by atoms with E-state index >= 15 is 0 Å². The molecule has 1 unspecified atom stereocenters. The molecular formula is C27H23F3N4O3S. The molecule has 0 fully saturated rings. The summed E-state index contributed by atoms with van der Waals surface area (Å²) >= 11 is 3.85. The minimum absolute atomic E-state index is 0.0383. The fourth-order valence-corrected chi connectivity index (χ4v) is 4.23. The van der Waals surface area contributed by atoms with Gasteiger partial charge in [0.15, 0.2) is 11.6 Å². The normalized spacial score (nSPS) is 15.4. The fourth-order valence-electron chi connectivity index (χ4n) is 3.98. The maximum atomic E-state index is 13.3. The first kappa shape index (κ1) is 27.1. The topological polar surface area (TPSA) is 82.9 Å². The Hall–Kier alpha value is -3.99. The lowest BCUT2D eigenvalue weighted by Crippen LogP contribution is -2.40. The van der Waals surface area contributed by atoms with Gasteiger partial charge in [0.2, 0.25) is 5.84 Å². The van der Waals surface area contributed by atoms with Crippen LogP contribution in [-0.4, -0.2) is 49.9 Å². The molecule has 1 aliphatic heterocycles. The first-order valence-corrected chi connectivity index (χ1v) is 12.0. The van der Waals surface area contributed by atoms with E-state index in [2.05, 4.69) is 22.9 Å². The van der Waals surface area contributed by atoms with Gasteiger partial charge in [0.25, 0.3) is 5.91 Å². The van der Waals surface area contributed by atoms with Crippen molar-refractivity contribution in [2.45, 2.75) is 39.0 Å². The molecule has 38 heavy (non-hydrogen) atoms. The van der Waals surface area contributed by atoms with Crippen molar-refractivity contribution in [2.24, 2.45) is 5.10 Å². The van der Waals surface area contributed by atoms with Crippen molar-refractivity contribution in [1.82, 2.24) is 14.3 Å². The van der Waals surface area contributed by atoms with E-state index in [9.17, 15) is 27.6 Å². The van der Waals surface area contributed by atoms with Crippen LogP contribution in [0, 0.1) is 6.92 Å². The zero-order valence-electron chi connectivity index (χ0n) is 20.4. The summed E-state index contributed by atoms with van der Waals surface area (Å²) in [5.41, 5.74) is 2.46. The average molecular weight is 541 g/mol. The third-order valence-corrected chi connectivity index (χ3v) is 6.45. The molecule has 0 saturated heterocycles. The van der Waals surface area contributed by atoms with Crippen LogP contribution in [0.25, 0.3) is 0 Å². The number of pyridine rings is 1. The number of nitrogens with zero attached hydrogens (tertiary/aromatic N) is 4. The van der Waals surface area contributed by atoms with Gasteiger partial charge < -0.3 is 0 Å². The molecule has 1 atom stereocenters. The Morgan fingerprint density at radius 2 is 1.63 bits per heavy atom. The second kappa shape index (κ2) is 10.8. The number of halogens is 3. The Labute approximate surface area is 222 Å². The Kier molecular flexibility index (Phi) is 7.68. The van der Waals surface area contributed by atoms with Gasteiger partial charge in [-0.15, -0.1) is 5.10 Å². The number of Topliss-reactive ketones (excluding diaryl/α,β-unsaturated/α-hetero) is 2. The van der Waals surface area contributed by atoms with Gasteiger partial charge in [0.05, 0.1) is 6.42 Å². The molecule has 11 heteroatoms. The number of benzene rings is 2. The SMILES string of the molecule is Cc1ccnc(C(=O)CC(=O)c2cc(Cc3ccccc3)cc(C(=O)N3N=C(C(F)(F)F)N(S)C3C)c2)c1. The number of amidine groups is 1. The van der Waals surface area contributed by atoms with Gasteiger partial charge in [0.1, 0.15) is 11.9 Å². The van der Waals surface area contributed by atoms with Gasteiger partial charge in [0, 0.05) is 17.3 Å². The third kappa shape index (κ3) is 5.94. The van der Waals surface area contributed by atoms with E-state index in [-0.39, 0.29) is 16.8 Å². The second-order valence-corrected chi connectivity index (χ2v) is 9.30. The van der Waals surface area contributed by atoms with E-state index in [1.807, 2.05) is 30.3 Å². The van der Waals surface area contributed by atoms with Crippen molar-refractivity contribution >= 4 is 36.1 Å². The van der Waals surface area contributed by atoms with Crippen molar-refractivity contribution in [2.75, 3.05) is 0 Å². The van der Waals surface area contributed by atoms with E-state index in [0.29, 0.717) is 21.3 Å². The molecule has 1 aliphatic rings. The first-order valence-electron chi connectivity index (χ1n) is 11.6. The largest absolute Gasteiger partial charge is 0.452 e. The number of thiol groups is 1. The molecule has 1 aromatic heterocycles. The Balaban J connectivity index is 1.69. The lowest BCUT2D eigenvalue weighted by Gasteiger charge is -2.23. The first-order chi connectivity index (χ1) is 17.9. The number of carbonyl (C=O) groups is 3. The lowest BCUT2D eigenvalue weighted by molar-refractivity contribution is -0.0645. The smallest absolute Gasteiger partial charge is 0.294 e. The van der Waals surface area contributed by atoms with Crippen molar-refractivity contribution in [3.05, 3.63) is 100 Å². The summed E-state index contributed by atoms with van der Waals surface area (Å²) in [5.74, 6) is -3.20. The maximum absolute atomic E-state index is 13.3. The Bertz CT molecular complexity index is 1430. The predicted molar refractivity (Wildman–Crippen MR) is 138 cm³/mol. The lowest BCUT2D eigenvalue weighted by atomic mass is 9.95. The summed E-state index contributed by atoms with van der Waals surface area (Å²) in [6.07, 6.45) is -4.61. The van der Waals surface area contributed by atoms with E-state index in [0.717, 1.165) is 11.1 Å². The molecule has 0 spiro atoms. The highest BCUT2D eigenvalue weighted by molar-refractivity contribution is 7.78. The molecule has 1 amide bonds. The minimum atomic E-state index is -4.81. The minimum Gasteiger partial charge on any atom is -0.294 e. The van der Waals surface area contributed by atoms with Gasteiger partial charge in [-0.3, -0.25) is 23.7 Å². The fraction of sp³-hybridized carbons (Fsp3) is 0.222. The van der Waals surface area contributed by atoms with Crippen LogP contribution < -0.4 is 0 Å². The summed E-state index contributed by atoms with van der Waals surface area (Å²) < 4.78 is 40.6. The number of aryl methyl sites for hydroxylation is 1. The molecule has 0 bridgehead atoms. The third-order valence-electron chi connectivity index (χ3n) is 5.92. The monoisotopic (exact) mass is 540 g/mol. The van der Waals surface area contributed by atoms with Crippen molar-refractivity contribution in [3.63, 3.8) is 0 Å². The number of carbonyl (C=O) groups excluding carboxylic acids is 3.